The average molecular weight is 265 g/mol. The molecule has 2 aromatic heterocycles. The van der Waals surface area contributed by atoms with Crippen LogP contribution in [0.3, 0.4) is 0 Å². The van der Waals surface area contributed by atoms with E-state index in [4.69, 9.17) is 5.73 Å². The summed E-state index contributed by atoms with van der Waals surface area (Å²) in [5, 5.41) is 10.7. The Bertz CT molecular complexity index is 724. The maximum atomic E-state index is 11.8. The van der Waals surface area contributed by atoms with Crippen LogP contribution in [-0.4, -0.2) is 24.1 Å². The van der Waals surface area contributed by atoms with Crippen molar-refractivity contribution in [3.8, 4) is 0 Å². The lowest BCUT2D eigenvalue weighted by atomic mass is 10.3. The predicted molar refractivity (Wildman–Crippen MR) is 69.7 cm³/mol. The lowest BCUT2D eigenvalue weighted by Gasteiger charge is -2.07. The number of aryl methyl sites for hydroxylation is 2. The third-order valence-electron chi connectivity index (χ3n) is 2.83. The maximum Gasteiger partial charge on any atom is 0.346 e. The van der Waals surface area contributed by atoms with E-state index in [1.807, 2.05) is 0 Å². The molecule has 9 nitrogen and oxygen atoms in total. The molecule has 0 amide bonds. The van der Waals surface area contributed by atoms with Crippen molar-refractivity contribution in [2.24, 2.45) is 21.1 Å². The van der Waals surface area contributed by atoms with Gasteiger partial charge in [0.05, 0.1) is 6.20 Å². The molecule has 19 heavy (non-hydrogen) atoms. The quantitative estimate of drug-likeness (QED) is 0.691. The van der Waals surface area contributed by atoms with E-state index in [0.717, 1.165) is 14.8 Å². The molecule has 0 aliphatic heterocycles. The van der Waals surface area contributed by atoms with Crippen molar-refractivity contribution in [3.05, 3.63) is 32.6 Å². The van der Waals surface area contributed by atoms with Gasteiger partial charge in [-0.05, 0) is 0 Å². The molecule has 0 saturated heterocycles. The Kier molecular flexibility index (Phi) is 3.11. The molecule has 0 aromatic carbocycles. The molecule has 0 saturated carbocycles. The van der Waals surface area contributed by atoms with Crippen LogP contribution in [0.4, 0.5) is 11.6 Å². The first-order chi connectivity index (χ1) is 8.91. The molecule has 3 N–H and O–H groups in total. The van der Waals surface area contributed by atoms with Gasteiger partial charge in [-0.15, -0.1) is 5.10 Å². The van der Waals surface area contributed by atoms with Crippen LogP contribution in [0.2, 0.25) is 0 Å². The zero-order valence-electron chi connectivity index (χ0n) is 10.9. The third kappa shape index (κ3) is 2.21. The van der Waals surface area contributed by atoms with Crippen molar-refractivity contribution < 1.29 is 0 Å². The zero-order valence-corrected chi connectivity index (χ0v) is 10.9. The number of nitrogens with one attached hydrogen (secondary N) is 1. The van der Waals surface area contributed by atoms with Crippen LogP contribution < -0.4 is 22.3 Å². The van der Waals surface area contributed by atoms with Gasteiger partial charge in [-0.1, -0.05) is 0 Å². The van der Waals surface area contributed by atoms with Gasteiger partial charge in [-0.2, -0.15) is 5.10 Å². The lowest BCUT2D eigenvalue weighted by Crippen LogP contribution is -2.39. The maximum absolute atomic E-state index is 11.8. The van der Waals surface area contributed by atoms with Crippen LogP contribution >= 0.6 is 0 Å². The number of nitrogens with zero attached hydrogens (tertiary/aromatic N) is 5. The fourth-order valence-electron chi connectivity index (χ4n) is 1.62. The minimum atomic E-state index is -0.481. The van der Waals surface area contributed by atoms with E-state index in [-0.39, 0.29) is 5.82 Å². The molecular formula is C10H15N7O2. The normalized spacial score (nSPS) is 10.7. The largest absolute Gasteiger partial charge is 0.384 e. The summed E-state index contributed by atoms with van der Waals surface area (Å²) in [5.41, 5.74) is 5.58. The molecule has 0 aliphatic rings. The molecule has 0 spiro atoms. The first-order valence-corrected chi connectivity index (χ1v) is 5.56. The van der Waals surface area contributed by atoms with Gasteiger partial charge in [0.15, 0.2) is 0 Å². The number of hydrogen-bond donors (Lipinski definition) is 2. The lowest BCUT2D eigenvalue weighted by molar-refractivity contribution is 0.604. The molecular weight excluding hydrogens is 250 g/mol. The van der Waals surface area contributed by atoms with Gasteiger partial charge in [0.2, 0.25) is 5.82 Å². The molecule has 2 heterocycles. The highest BCUT2D eigenvalue weighted by atomic mass is 16.2. The van der Waals surface area contributed by atoms with Crippen molar-refractivity contribution in [2.45, 2.75) is 6.54 Å². The predicted octanol–water partition coefficient (Wildman–Crippen LogP) is -1.59. The summed E-state index contributed by atoms with van der Waals surface area (Å²) in [5.74, 6) is 0.599. The van der Waals surface area contributed by atoms with Crippen LogP contribution in [-0.2, 0) is 27.7 Å². The van der Waals surface area contributed by atoms with Crippen molar-refractivity contribution in [3.63, 3.8) is 0 Å². The fourth-order valence-corrected chi connectivity index (χ4v) is 1.62. The summed E-state index contributed by atoms with van der Waals surface area (Å²) in [4.78, 5) is 23.3. The van der Waals surface area contributed by atoms with E-state index < -0.39 is 11.2 Å². The molecule has 0 unspecified atom stereocenters. The van der Waals surface area contributed by atoms with E-state index in [1.165, 1.54) is 18.8 Å². The third-order valence-corrected chi connectivity index (χ3v) is 2.83. The second kappa shape index (κ2) is 4.59. The summed E-state index contributed by atoms with van der Waals surface area (Å²) in [7, 11) is 4.60. The highest BCUT2D eigenvalue weighted by Crippen LogP contribution is 2.09. The average Bonchev–Trinajstić information content (AvgIpc) is 2.70. The van der Waals surface area contributed by atoms with Gasteiger partial charge in [0.1, 0.15) is 5.82 Å². The van der Waals surface area contributed by atoms with E-state index in [1.54, 1.807) is 13.2 Å². The van der Waals surface area contributed by atoms with Crippen LogP contribution in [0.15, 0.2) is 15.8 Å². The molecule has 0 aliphatic carbocycles. The van der Waals surface area contributed by atoms with Crippen LogP contribution in [0.1, 0.15) is 5.56 Å². The van der Waals surface area contributed by atoms with Gasteiger partial charge in [0, 0.05) is 33.3 Å². The van der Waals surface area contributed by atoms with E-state index in [9.17, 15) is 9.59 Å². The second-order valence-electron chi connectivity index (χ2n) is 4.15. The monoisotopic (exact) mass is 265 g/mol. The summed E-state index contributed by atoms with van der Waals surface area (Å²) >= 11 is 0. The molecule has 102 valence electrons. The minimum absolute atomic E-state index is 0.0906. The Balaban J connectivity index is 2.28. The van der Waals surface area contributed by atoms with Crippen LogP contribution in [0.5, 0.6) is 0 Å². The summed E-state index contributed by atoms with van der Waals surface area (Å²) in [6, 6.07) is 0. The molecule has 0 fully saturated rings. The smallest absolute Gasteiger partial charge is 0.346 e. The summed E-state index contributed by atoms with van der Waals surface area (Å²) < 4.78 is 3.61. The Morgan fingerprint density at radius 1 is 1.26 bits per heavy atom. The molecule has 2 rings (SSSR count). The number of anilines is 2. The minimum Gasteiger partial charge on any atom is -0.384 e. The van der Waals surface area contributed by atoms with E-state index in [2.05, 4.69) is 15.5 Å². The van der Waals surface area contributed by atoms with Crippen LogP contribution in [0.25, 0.3) is 0 Å². The topological polar surface area (TPSA) is 113 Å². The van der Waals surface area contributed by atoms with Gasteiger partial charge in [0.25, 0.3) is 5.56 Å². The second-order valence-corrected chi connectivity index (χ2v) is 4.15. The van der Waals surface area contributed by atoms with Gasteiger partial charge in [-0.3, -0.25) is 14.0 Å². The zero-order chi connectivity index (χ0) is 14.2. The molecule has 9 heteroatoms. The molecule has 0 atom stereocenters. The Hall–Kier alpha value is -2.58. The Morgan fingerprint density at radius 3 is 2.53 bits per heavy atom. The first kappa shape index (κ1) is 12.9. The molecule has 0 radical (unpaired) electrons. The van der Waals surface area contributed by atoms with E-state index in [0.29, 0.717) is 12.4 Å². The standard InChI is InChI=1S/C10H15N7O2/c1-15-9(18)8(14-17(3)10(15)19)12-4-6-5-13-16(2)7(6)11/h5H,4,11H2,1-3H3,(H,12,14). The highest BCUT2D eigenvalue weighted by molar-refractivity contribution is 5.41. The summed E-state index contributed by atoms with van der Waals surface area (Å²) in [6.45, 7) is 0.306. The number of nitrogens with two attached hydrogens (primary N) is 1. The van der Waals surface area contributed by atoms with Gasteiger partial charge >= 0.3 is 5.69 Å². The van der Waals surface area contributed by atoms with Crippen molar-refractivity contribution >= 4 is 11.6 Å². The van der Waals surface area contributed by atoms with Crippen LogP contribution in [0, 0.1) is 0 Å². The Labute approximate surface area is 108 Å². The number of rotatable bonds is 3. The number of hydrogen-bond acceptors (Lipinski definition) is 6. The summed E-state index contributed by atoms with van der Waals surface area (Å²) in [6.07, 6.45) is 1.61. The number of aromatic nitrogens is 5. The first-order valence-electron chi connectivity index (χ1n) is 5.56. The molecule has 2 aromatic rings. The van der Waals surface area contributed by atoms with E-state index >= 15 is 0 Å². The van der Waals surface area contributed by atoms with Crippen molar-refractivity contribution in [1.82, 2.24) is 24.1 Å². The van der Waals surface area contributed by atoms with Crippen molar-refractivity contribution in [1.29, 1.82) is 0 Å². The fraction of sp³-hybridized carbons (Fsp3) is 0.400. The highest BCUT2D eigenvalue weighted by Gasteiger charge is 2.10. The Morgan fingerprint density at radius 2 is 1.95 bits per heavy atom. The number of nitrogen functional groups attached to an aromatic ring is 1. The van der Waals surface area contributed by atoms with Crippen molar-refractivity contribution in [2.75, 3.05) is 11.1 Å². The SMILES string of the molecule is Cn1ncc(CNc2nn(C)c(=O)n(C)c2=O)c1N. The van der Waals surface area contributed by atoms with Gasteiger partial charge < -0.3 is 11.1 Å². The molecule has 0 bridgehead atoms. The van der Waals surface area contributed by atoms with Gasteiger partial charge in [-0.25, -0.2) is 9.48 Å².